The first-order chi connectivity index (χ1) is 11.3. The molecular formula is C18H23N3O2. The number of carbonyl (C=O) groups excluding carboxylic acids is 1. The van der Waals surface area contributed by atoms with E-state index in [1.54, 1.807) is 7.11 Å². The SMILES string of the molecule is COCCCNC(=O)c1nn(-c2ccccc2)c2c1CCCC2. The second-order valence-corrected chi connectivity index (χ2v) is 5.83. The standard InChI is InChI=1S/C18H23N3O2/c1-23-13-7-12-19-18(22)17-15-10-5-6-11-16(15)21(20-17)14-8-3-2-4-9-14/h2-4,8-9H,5-7,10-13H2,1H3,(H,19,22). The third-order valence-electron chi connectivity index (χ3n) is 4.21. The Morgan fingerprint density at radius 2 is 2.04 bits per heavy atom. The van der Waals surface area contributed by atoms with Gasteiger partial charge < -0.3 is 10.1 Å². The Kier molecular flexibility index (Phi) is 5.08. The molecule has 0 bridgehead atoms. The number of carbonyl (C=O) groups is 1. The van der Waals surface area contributed by atoms with Gasteiger partial charge in [0, 0.05) is 31.5 Å². The maximum absolute atomic E-state index is 12.5. The molecule has 23 heavy (non-hydrogen) atoms. The van der Waals surface area contributed by atoms with Crippen LogP contribution in [0.15, 0.2) is 30.3 Å². The summed E-state index contributed by atoms with van der Waals surface area (Å²) in [6, 6.07) is 10.0. The Morgan fingerprint density at radius 1 is 1.26 bits per heavy atom. The molecule has 0 atom stereocenters. The van der Waals surface area contributed by atoms with E-state index in [4.69, 9.17) is 4.74 Å². The minimum absolute atomic E-state index is 0.0751. The summed E-state index contributed by atoms with van der Waals surface area (Å²) in [4.78, 5) is 12.5. The molecule has 0 radical (unpaired) electrons. The average Bonchev–Trinajstić information content (AvgIpc) is 2.99. The average molecular weight is 313 g/mol. The van der Waals surface area contributed by atoms with Crippen LogP contribution in [0, 0.1) is 0 Å². The van der Waals surface area contributed by atoms with Crippen molar-refractivity contribution < 1.29 is 9.53 Å². The van der Waals surface area contributed by atoms with Gasteiger partial charge in [0.05, 0.1) is 5.69 Å². The van der Waals surface area contributed by atoms with Crippen molar-refractivity contribution in [3.8, 4) is 5.69 Å². The number of benzene rings is 1. The van der Waals surface area contributed by atoms with E-state index in [0.717, 1.165) is 43.4 Å². The number of hydrogen-bond donors (Lipinski definition) is 1. The summed E-state index contributed by atoms with van der Waals surface area (Å²) in [5.74, 6) is -0.0751. The second kappa shape index (κ2) is 7.42. The van der Waals surface area contributed by atoms with Crippen LogP contribution >= 0.6 is 0 Å². The van der Waals surface area contributed by atoms with Gasteiger partial charge in [-0.25, -0.2) is 4.68 Å². The van der Waals surface area contributed by atoms with Crippen molar-refractivity contribution in [1.29, 1.82) is 0 Å². The third kappa shape index (κ3) is 3.45. The minimum atomic E-state index is -0.0751. The molecule has 0 spiro atoms. The van der Waals surface area contributed by atoms with Gasteiger partial charge in [-0.2, -0.15) is 5.10 Å². The molecule has 1 heterocycles. The number of amides is 1. The second-order valence-electron chi connectivity index (χ2n) is 5.83. The minimum Gasteiger partial charge on any atom is -0.385 e. The highest BCUT2D eigenvalue weighted by Crippen LogP contribution is 2.26. The fourth-order valence-corrected chi connectivity index (χ4v) is 3.07. The Morgan fingerprint density at radius 3 is 2.83 bits per heavy atom. The number of para-hydroxylation sites is 1. The van der Waals surface area contributed by atoms with E-state index < -0.39 is 0 Å². The molecule has 3 rings (SSSR count). The van der Waals surface area contributed by atoms with Crippen LogP contribution in [0.3, 0.4) is 0 Å². The number of aromatic nitrogens is 2. The first kappa shape index (κ1) is 15.7. The van der Waals surface area contributed by atoms with Crippen molar-refractivity contribution in [3.63, 3.8) is 0 Å². The van der Waals surface area contributed by atoms with E-state index in [0.29, 0.717) is 18.8 Å². The van der Waals surface area contributed by atoms with E-state index in [9.17, 15) is 4.79 Å². The summed E-state index contributed by atoms with van der Waals surface area (Å²) >= 11 is 0. The van der Waals surface area contributed by atoms with E-state index in [-0.39, 0.29) is 5.91 Å². The fourth-order valence-electron chi connectivity index (χ4n) is 3.07. The zero-order chi connectivity index (χ0) is 16.1. The number of rotatable bonds is 6. The van der Waals surface area contributed by atoms with E-state index in [1.807, 2.05) is 35.0 Å². The Balaban J connectivity index is 1.86. The maximum Gasteiger partial charge on any atom is 0.272 e. The lowest BCUT2D eigenvalue weighted by molar-refractivity contribution is 0.0942. The molecule has 0 aliphatic heterocycles. The molecule has 122 valence electrons. The highest BCUT2D eigenvalue weighted by Gasteiger charge is 2.25. The van der Waals surface area contributed by atoms with Crippen molar-refractivity contribution in [2.75, 3.05) is 20.3 Å². The molecule has 1 amide bonds. The maximum atomic E-state index is 12.5. The molecule has 0 unspecified atom stereocenters. The largest absolute Gasteiger partial charge is 0.385 e. The van der Waals surface area contributed by atoms with Gasteiger partial charge >= 0.3 is 0 Å². The molecule has 1 aliphatic carbocycles. The van der Waals surface area contributed by atoms with Crippen molar-refractivity contribution in [2.24, 2.45) is 0 Å². The van der Waals surface area contributed by atoms with Gasteiger partial charge in [0.2, 0.25) is 0 Å². The summed E-state index contributed by atoms with van der Waals surface area (Å²) < 4.78 is 6.95. The van der Waals surface area contributed by atoms with Crippen molar-refractivity contribution >= 4 is 5.91 Å². The van der Waals surface area contributed by atoms with Crippen molar-refractivity contribution in [3.05, 3.63) is 47.3 Å². The van der Waals surface area contributed by atoms with Crippen LogP contribution in [-0.2, 0) is 17.6 Å². The Labute approximate surface area is 136 Å². The Hall–Kier alpha value is -2.14. The smallest absolute Gasteiger partial charge is 0.272 e. The normalized spacial score (nSPS) is 13.6. The first-order valence-electron chi connectivity index (χ1n) is 8.24. The topological polar surface area (TPSA) is 56.1 Å². The molecule has 1 N–H and O–H groups in total. The summed E-state index contributed by atoms with van der Waals surface area (Å²) in [5.41, 5.74) is 3.90. The van der Waals surface area contributed by atoms with Gasteiger partial charge in [0.15, 0.2) is 5.69 Å². The predicted octanol–water partition coefficient (Wildman–Crippen LogP) is 2.52. The zero-order valence-corrected chi connectivity index (χ0v) is 13.5. The lowest BCUT2D eigenvalue weighted by atomic mass is 9.95. The number of hydrogen-bond acceptors (Lipinski definition) is 3. The molecule has 1 aliphatic rings. The van der Waals surface area contributed by atoms with E-state index in [1.165, 1.54) is 5.69 Å². The quantitative estimate of drug-likeness (QED) is 0.834. The highest BCUT2D eigenvalue weighted by molar-refractivity contribution is 5.94. The van der Waals surface area contributed by atoms with Gasteiger partial charge in [-0.1, -0.05) is 18.2 Å². The molecule has 5 heteroatoms. The molecule has 0 saturated carbocycles. The molecule has 1 aromatic heterocycles. The third-order valence-corrected chi connectivity index (χ3v) is 4.21. The van der Waals surface area contributed by atoms with Gasteiger partial charge in [0.1, 0.15) is 0 Å². The predicted molar refractivity (Wildman–Crippen MR) is 89.0 cm³/mol. The lowest BCUT2D eigenvalue weighted by Crippen LogP contribution is -2.26. The van der Waals surface area contributed by atoms with Crippen LogP contribution < -0.4 is 5.32 Å². The van der Waals surface area contributed by atoms with E-state index >= 15 is 0 Å². The number of nitrogens with one attached hydrogen (secondary N) is 1. The van der Waals surface area contributed by atoms with E-state index in [2.05, 4.69) is 10.4 Å². The Bertz CT molecular complexity index is 664. The van der Waals surface area contributed by atoms with Crippen molar-refractivity contribution in [1.82, 2.24) is 15.1 Å². The molecular weight excluding hydrogens is 290 g/mol. The highest BCUT2D eigenvalue weighted by atomic mass is 16.5. The number of nitrogens with zero attached hydrogens (tertiary/aromatic N) is 2. The molecule has 1 aromatic carbocycles. The van der Waals surface area contributed by atoms with Crippen LogP contribution in [0.5, 0.6) is 0 Å². The first-order valence-corrected chi connectivity index (χ1v) is 8.24. The molecule has 2 aromatic rings. The van der Waals surface area contributed by atoms with Crippen LogP contribution in [-0.4, -0.2) is 35.9 Å². The molecule has 0 saturated heterocycles. The lowest BCUT2D eigenvalue weighted by Gasteiger charge is -2.14. The van der Waals surface area contributed by atoms with Crippen LogP contribution in [0.4, 0.5) is 0 Å². The van der Waals surface area contributed by atoms with Gasteiger partial charge in [0.25, 0.3) is 5.91 Å². The number of ether oxygens (including phenoxy) is 1. The monoisotopic (exact) mass is 313 g/mol. The molecule has 5 nitrogen and oxygen atoms in total. The molecule has 0 fully saturated rings. The van der Waals surface area contributed by atoms with Crippen LogP contribution in [0.1, 0.15) is 41.0 Å². The van der Waals surface area contributed by atoms with Crippen LogP contribution in [0.2, 0.25) is 0 Å². The summed E-state index contributed by atoms with van der Waals surface area (Å²) in [6.45, 7) is 1.26. The summed E-state index contributed by atoms with van der Waals surface area (Å²) in [7, 11) is 1.67. The van der Waals surface area contributed by atoms with Gasteiger partial charge in [-0.3, -0.25) is 4.79 Å². The van der Waals surface area contributed by atoms with Crippen LogP contribution in [0.25, 0.3) is 5.69 Å². The van der Waals surface area contributed by atoms with Gasteiger partial charge in [-0.05, 0) is 44.2 Å². The summed E-state index contributed by atoms with van der Waals surface area (Å²) in [5, 5.41) is 7.59. The zero-order valence-electron chi connectivity index (χ0n) is 13.5. The number of fused-ring (bicyclic) bond motifs is 1. The summed E-state index contributed by atoms with van der Waals surface area (Å²) in [6.07, 6.45) is 5.00. The number of methoxy groups -OCH3 is 1. The van der Waals surface area contributed by atoms with Crippen molar-refractivity contribution in [2.45, 2.75) is 32.1 Å². The van der Waals surface area contributed by atoms with Gasteiger partial charge in [-0.15, -0.1) is 0 Å². The fraction of sp³-hybridized carbons (Fsp3) is 0.444.